The SMILES string of the molecule is Cc1nc(C)c(CCC(=O)N2CCC(CO)(Cc3ccc(F)cc3)C2)c(=O)[nH]1. The Bertz CT molecular complexity index is 910. The van der Waals surface area contributed by atoms with Crippen LogP contribution in [0.4, 0.5) is 4.39 Å². The summed E-state index contributed by atoms with van der Waals surface area (Å²) >= 11 is 0. The Labute approximate surface area is 163 Å². The molecule has 0 saturated carbocycles. The number of aromatic nitrogens is 2. The Morgan fingerprint density at radius 3 is 2.68 bits per heavy atom. The maximum absolute atomic E-state index is 13.1. The lowest BCUT2D eigenvalue weighted by atomic mass is 9.81. The van der Waals surface area contributed by atoms with Gasteiger partial charge in [-0.3, -0.25) is 9.59 Å². The minimum atomic E-state index is -0.410. The van der Waals surface area contributed by atoms with Gasteiger partial charge < -0.3 is 15.0 Å². The highest BCUT2D eigenvalue weighted by Gasteiger charge is 2.39. The summed E-state index contributed by atoms with van der Waals surface area (Å²) in [6, 6.07) is 6.26. The third-order valence-electron chi connectivity index (χ3n) is 5.55. The zero-order chi connectivity index (χ0) is 20.3. The van der Waals surface area contributed by atoms with Crippen LogP contribution in [0.25, 0.3) is 0 Å². The minimum absolute atomic E-state index is 0.0329. The molecular weight excluding hydrogens is 361 g/mol. The van der Waals surface area contributed by atoms with Crippen LogP contribution in [0, 0.1) is 25.1 Å². The molecule has 1 fully saturated rings. The molecule has 1 atom stereocenters. The topological polar surface area (TPSA) is 86.3 Å². The normalized spacial score (nSPS) is 19.2. The Morgan fingerprint density at radius 1 is 1.32 bits per heavy atom. The Balaban J connectivity index is 1.63. The molecule has 150 valence electrons. The predicted molar refractivity (Wildman–Crippen MR) is 103 cm³/mol. The first-order valence-corrected chi connectivity index (χ1v) is 9.51. The quantitative estimate of drug-likeness (QED) is 0.793. The fraction of sp³-hybridized carbons (Fsp3) is 0.476. The van der Waals surface area contributed by atoms with E-state index in [0.717, 1.165) is 5.56 Å². The Kier molecular flexibility index (Phi) is 5.93. The first-order chi connectivity index (χ1) is 13.3. The molecule has 1 saturated heterocycles. The highest BCUT2D eigenvalue weighted by molar-refractivity contribution is 5.76. The van der Waals surface area contributed by atoms with E-state index in [-0.39, 0.29) is 30.3 Å². The molecular formula is C21H26FN3O3. The molecule has 1 aromatic heterocycles. The van der Waals surface area contributed by atoms with Crippen molar-refractivity contribution in [3.63, 3.8) is 0 Å². The maximum Gasteiger partial charge on any atom is 0.254 e. The van der Waals surface area contributed by atoms with Gasteiger partial charge in [0.25, 0.3) is 5.56 Å². The smallest absolute Gasteiger partial charge is 0.254 e. The molecule has 0 spiro atoms. The van der Waals surface area contributed by atoms with Crippen LogP contribution < -0.4 is 5.56 Å². The predicted octanol–water partition coefficient (Wildman–Crippen LogP) is 1.91. The summed E-state index contributed by atoms with van der Waals surface area (Å²) < 4.78 is 13.1. The number of H-pyrrole nitrogens is 1. The number of aromatic amines is 1. The summed E-state index contributed by atoms with van der Waals surface area (Å²) in [6.07, 6.45) is 1.85. The van der Waals surface area contributed by atoms with Gasteiger partial charge in [-0.15, -0.1) is 0 Å². The number of halogens is 1. The monoisotopic (exact) mass is 387 g/mol. The fourth-order valence-electron chi connectivity index (χ4n) is 3.95. The van der Waals surface area contributed by atoms with E-state index in [2.05, 4.69) is 9.97 Å². The molecule has 7 heteroatoms. The van der Waals surface area contributed by atoms with Gasteiger partial charge in [-0.2, -0.15) is 0 Å². The van der Waals surface area contributed by atoms with E-state index in [0.29, 0.717) is 49.4 Å². The second-order valence-corrected chi connectivity index (χ2v) is 7.74. The van der Waals surface area contributed by atoms with Crippen LogP contribution in [0.3, 0.4) is 0 Å². The third-order valence-corrected chi connectivity index (χ3v) is 5.55. The van der Waals surface area contributed by atoms with Crippen LogP contribution in [-0.2, 0) is 17.6 Å². The van der Waals surface area contributed by atoms with Gasteiger partial charge in [0.15, 0.2) is 0 Å². The Hall–Kier alpha value is -2.54. The summed E-state index contributed by atoms with van der Waals surface area (Å²) in [7, 11) is 0. The molecule has 1 unspecified atom stereocenters. The number of aliphatic hydroxyl groups is 1. The molecule has 0 aliphatic carbocycles. The molecule has 6 nitrogen and oxygen atoms in total. The van der Waals surface area contributed by atoms with Crippen LogP contribution in [0.2, 0.25) is 0 Å². The molecule has 0 radical (unpaired) electrons. The number of hydrogen-bond donors (Lipinski definition) is 2. The van der Waals surface area contributed by atoms with Crippen LogP contribution in [-0.4, -0.2) is 45.6 Å². The second kappa shape index (κ2) is 8.22. The minimum Gasteiger partial charge on any atom is -0.396 e. The van der Waals surface area contributed by atoms with Crippen LogP contribution >= 0.6 is 0 Å². The van der Waals surface area contributed by atoms with Crippen molar-refractivity contribution >= 4 is 5.91 Å². The molecule has 2 aromatic rings. The maximum atomic E-state index is 13.1. The highest BCUT2D eigenvalue weighted by Crippen LogP contribution is 2.34. The average molecular weight is 387 g/mol. The number of benzene rings is 1. The van der Waals surface area contributed by atoms with Crippen molar-refractivity contribution in [3.05, 3.63) is 63.1 Å². The zero-order valence-corrected chi connectivity index (χ0v) is 16.3. The van der Waals surface area contributed by atoms with Crippen molar-refractivity contribution in [2.45, 2.75) is 39.5 Å². The standard InChI is InChI=1S/C21H26FN3O3/c1-14-18(20(28)24-15(2)23-14)7-8-19(27)25-10-9-21(12-25,13-26)11-16-3-5-17(22)6-4-16/h3-6,26H,7-13H2,1-2H3,(H,23,24,28). The lowest BCUT2D eigenvalue weighted by molar-refractivity contribution is -0.130. The van der Waals surface area contributed by atoms with Gasteiger partial charge >= 0.3 is 0 Å². The third kappa shape index (κ3) is 4.47. The lowest BCUT2D eigenvalue weighted by Crippen LogP contribution is -2.35. The van der Waals surface area contributed by atoms with E-state index in [1.54, 1.807) is 30.9 Å². The molecule has 1 aliphatic rings. The second-order valence-electron chi connectivity index (χ2n) is 7.74. The highest BCUT2D eigenvalue weighted by atomic mass is 19.1. The van der Waals surface area contributed by atoms with Crippen molar-refractivity contribution in [2.24, 2.45) is 5.41 Å². The number of amides is 1. The van der Waals surface area contributed by atoms with Crippen molar-refractivity contribution in [1.29, 1.82) is 0 Å². The van der Waals surface area contributed by atoms with Gasteiger partial charge in [-0.25, -0.2) is 9.37 Å². The molecule has 28 heavy (non-hydrogen) atoms. The van der Waals surface area contributed by atoms with Gasteiger partial charge in [0.05, 0.1) is 6.61 Å². The lowest BCUT2D eigenvalue weighted by Gasteiger charge is -2.27. The van der Waals surface area contributed by atoms with Crippen molar-refractivity contribution < 1.29 is 14.3 Å². The molecule has 3 rings (SSSR count). The van der Waals surface area contributed by atoms with E-state index < -0.39 is 5.41 Å². The molecule has 0 bridgehead atoms. The van der Waals surface area contributed by atoms with Gasteiger partial charge in [0.1, 0.15) is 11.6 Å². The van der Waals surface area contributed by atoms with E-state index in [4.69, 9.17) is 0 Å². The number of nitrogens with one attached hydrogen (secondary N) is 1. The first-order valence-electron chi connectivity index (χ1n) is 9.51. The number of aryl methyl sites for hydroxylation is 2. The zero-order valence-electron chi connectivity index (χ0n) is 16.3. The number of carbonyl (C=O) groups is 1. The number of hydrogen-bond acceptors (Lipinski definition) is 4. The van der Waals surface area contributed by atoms with Gasteiger partial charge in [-0.05, 0) is 50.8 Å². The number of likely N-dealkylation sites (tertiary alicyclic amines) is 1. The van der Waals surface area contributed by atoms with E-state index >= 15 is 0 Å². The Morgan fingerprint density at radius 2 is 2.04 bits per heavy atom. The summed E-state index contributed by atoms with van der Waals surface area (Å²) in [6.45, 7) is 4.50. The summed E-state index contributed by atoms with van der Waals surface area (Å²) in [4.78, 5) is 33.5. The van der Waals surface area contributed by atoms with Crippen molar-refractivity contribution in [1.82, 2.24) is 14.9 Å². The van der Waals surface area contributed by atoms with E-state index in [1.807, 2.05) is 0 Å². The summed E-state index contributed by atoms with van der Waals surface area (Å²) in [5, 5.41) is 9.97. The molecule has 1 aliphatic heterocycles. The number of nitrogens with zero attached hydrogens (tertiary/aromatic N) is 2. The molecule has 2 heterocycles. The van der Waals surface area contributed by atoms with Gasteiger partial charge in [-0.1, -0.05) is 12.1 Å². The molecule has 2 N–H and O–H groups in total. The van der Waals surface area contributed by atoms with E-state index in [9.17, 15) is 19.1 Å². The van der Waals surface area contributed by atoms with Crippen LogP contribution in [0.15, 0.2) is 29.1 Å². The number of rotatable bonds is 6. The molecule has 1 aromatic carbocycles. The number of aliphatic hydroxyl groups excluding tert-OH is 1. The largest absolute Gasteiger partial charge is 0.396 e. The van der Waals surface area contributed by atoms with Gasteiger partial charge in [0.2, 0.25) is 5.91 Å². The van der Waals surface area contributed by atoms with Crippen LogP contribution in [0.5, 0.6) is 0 Å². The average Bonchev–Trinajstić information content (AvgIpc) is 3.07. The van der Waals surface area contributed by atoms with Crippen LogP contribution in [0.1, 0.15) is 35.5 Å². The fourth-order valence-corrected chi connectivity index (χ4v) is 3.95. The first kappa shape index (κ1) is 20.2. The van der Waals surface area contributed by atoms with Gasteiger partial charge in [0, 0.05) is 36.2 Å². The number of carbonyl (C=O) groups excluding carboxylic acids is 1. The molecule has 1 amide bonds. The van der Waals surface area contributed by atoms with Crippen molar-refractivity contribution in [3.8, 4) is 0 Å². The van der Waals surface area contributed by atoms with E-state index in [1.165, 1.54) is 12.1 Å². The summed E-state index contributed by atoms with van der Waals surface area (Å²) in [5.74, 6) is 0.236. The summed E-state index contributed by atoms with van der Waals surface area (Å²) in [5.41, 5.74) is 1.53. The van der Waals surface area contributed by atoms with Crippen molar-refractivity contribution in [2.75, 3.05) is 19.7 Å².